The number of hydrogen-bond acceptors (Lipinski definition) is 2. The molecule has 2 nitrogen and oxygen atoms in total. The third-order valence-corrected chi connectivity index (χ3v) is 6.16. The van der Waals surface area contributed by atoms with Crippen molar-refractivity contribution in [3.63, 3.8) is 0 Å². The van der Waals surface area contributed by atoms with Crippen LogP contribution in [0.4, 0.5) is 17.1 Å². The Balaban J connectivity index is 1.41. The first-order valence-corrected chi connectivity index (χ1v) is 11.3. The molecule has 0 fully saturated rings. The molecular formula is C30H20ClNO. The fourth-order valence-electron chi connectivity index (χ4n) is 4.33. The van der Waals surface area contributed by atoms with Crippen molar-refractivity contribution < 1.29 is 4.42 Å². The molecule has 1 aromatic heterocycles. The lowest BCUT2D eigenvalue weighted by molar-refractivity contribution is 0.669. The molecule has 0 N–H and O–H groups in total. The van der Waals surface area contributed by atoms with Crippen LogP contribution in [0.5, 0.6) is 0 Å². The summed E-state index contributed by atoms with van der Waals surface area (Å²) in [6, 6.07) is 41.7. The van der Waals surface area contributed by atoms with E-state index in [-0.39, 0.29) is 0 Å². The first kappa shape index (κ1) is 19.7. The quantitative estimate of drug-likeness (QED) is 0.268. The Labute approximate surface area is 197 Å². The van der Waals surface area contributed by atoms with Crippen LogP contribution in [0.2, 0.25) is 5.02 Å². The minimum Gasteiger partial charge on any atom is -0.456 e. The van der Waals surface area contributed by atoms with E-state index in [0.717, 1.165) is 50.1 Å². The van der Waals surface area contributed by atoms with Crippen LogP contribution < -0.4 is 4.90 Å². The number of hydrogen-bond donors (Lipinski definition) is 0. The summed E-state index contributed by atoms with van der Waals surface area (Å²) in [5, 5.41) is 2.85. The van der Waals surface area contributed by atoms with Crippen molar-refractivity contribution in [2.75, 3.05) is 4.90 Å². The zero-order valence-corrected chi connectivity index (χ0v) is 18.5. The number of furan rings is 1. The predicted molar refractivity (Wildman–Crippen MR) is 139 cm³/mol. The molecule has 5 aromatic carbocycles. The average Bonchev–Trinajstić information content (AvgIpc) is 3.23. The molecule has 33 heavy (non-hydrogen) atoms. The van der Waals surface area contributed by atoms with E-state index in [2.05, 4.69) is 89.8 Å². The molecule has 0 unspecified atom stereocenters. The van der Waals surface area contributed by atoms with Crippen molar-refractivity contribution in [3.05, 3.63) is 126 Å². The van der Waals surface area contributed by atoms with E-state index >= 15 is 0 Å². The number of anilines is 3. The molecule has 0 saturated heterocycles. The molecular weight excluding hydrogens is 426 g/mol. The van der Waals surface area contributed by atoms with E-state index in [1.807, 2.05) is 36.4 Å². The lowest BCUT2D eigenvalue weighted by Crippen LogP contribution is -2.09. The molecule has 0 bridgehead atoms. The second kappa shape index (κ2) is 8.16. The molecule has 0 amide bonds. The second-order valence-corrected chi connectivity index (χ2v) is 8.44. The van der Waals surface area contributed by atoms with Gasteiger partial charge in [-0.05, 0) is 71.8 Å². The van der Waals surface area contributed by atoms with Gasteiger partial charge in [0.2, 0.25) is 0 Å². The Kier molecular flexibility index (Phi) is 4.86. The number of benzene rings is 5. The van der Waals surface area contributed by atoms with Crippen LogP contribution in [0.3, 0.4) is 0 Å². The van der Waals surface area contributed by atoms with Crippen molar-refractivity contribution in [2.24, 2.45) is 0 Å². The summed E-state index contributed by atoms with van der Waals surface area (Å²) in [7, 11) is 0. The van der Waals surface area contributed by atoms with Gasteiger partial charge in [0.05, 0.1) is 0 Å². The van der Waals surface area contributed by atoms with Crippen LogP contribution in [-0.4, -0.2) is 0 Å². The topological polar surface area (TPSA) is 16.4 Å². The second-order valence-electron chi connectivity index (χ2n) is 8.01. The Morgan fingerprint density at radius 1 is 0.485 bits per heavy atom. The summed E-state index contributed by atoms with van der Waals surface area (Å²) in [5.74, 6) is 0. The highest BCUT2D eigenvalue weighted by molar-refractivity contribution is 6.31. The summed E-state index contributed by atoms with van der Waals surface area (Å²) in [4.78, 5) is 2.26. The first-order valence-electron chi connectivity index (χ1n) is 10.9. The Bertz CT molecular complexity index is 1510. The molecule has 0 aliphatic heterocycles. The maximum atomic E-state index is 6.14. The zero-order valence-electron chi connectivity index (χ0n) is 17.8. The van der Waals surface area contributed by atoms with Crippen molar-refractivity contribution in [1.29, 1.82) is 0 Å². The first-order chi connectivity index (χ1) is 16.3. The molecule has 0 aliphatic carbocycles. The van der Waals surface area contributed by atoms with Gasteiger partial charge in [0.25, 0.3) is 0 Å². The van der Waals surface area contributed by atoms with Gasteiger partial charge in [-0.2, -0.15) is 0 Å². The van der Waals surface area contributed by atoms with Crippen LogP contribution in [0.25, 0.3) is 33.1 Å². The fraction of sp³-hybridized carbons (Fsp3) is 0. The van der Waals surface area contributed by atoms with Gasteiger partial charge in [0.15, 0.2) is 0 Å². The van der Waals surface area contributed by atoms with Gasteiger partial charge in [-0.1, -0.05) is 66.2 Å². The molecule has 0 spiro atoms. The van der Waals surface area contributed by atoms with Gasteiger partial charge in [-0.3, -0.25) is 0 Å². The number of halogens is 1. The SMILES string of the molecule is Clc1ccc2c(c1)oc1ccc(-c3ccc(N(c4ccccc4)c4ccccc4)cc3)cc12. The fourth-order valence-corrected chi connectivity index (χ4v) is 4.50. The number of fused-ring (bicyclic) bond motifs is 3. The van der Waals surface area contributed by atoms with E-state index in [4.69, 9.17) is 16.0 Å². The standard InChI is InChI=1S/C30H20ClNO/c31-23-14-17-27-28-19-22(13-18-29(28)33-30(27)20-23)21-11-15-26(16-12-21)32(24-7-3-1-4-8-24)25-9-5-2-6-10-25/h1-20H. The predicted octanol–water partition coefficient (Wildman–Crippen LogP) is 9.38. The van der Waals surface area contributed by atoms with Crippen molar-refractivity contribution in [3.8, 4) is 11.1 Å². The van der Waals surface area contributed by atoms with Gasteiger partial charge in [0, 0.05) is 38.9 Å². The minimum absolute atomic E-state index is 0.679. The normalized spacial score (nSPS) is 11.2. The molecule has 0 aliphatic rings. The summed E-state index contributed by atoms with van der Waals surface area (Å²) in [6.45, 7) is 0. The Morgan fingerprint density at radius 2 is 1.09 bits per heavy atom. The van der Waals surface area contributed by atoms with E-state index < -0.39 is 0 Å². The van der Waals surface area contributed by atoms with Gasteiger partial charge >= 0.3 is 0 Å². The maximum Gasteiger partial charge on any atom is 0.136 e. The molecule has 0 atom stereocenters. The van der Waals surface area contributed by atoms with E-state index in [9.17, 15) is 0 Å². The highest BCUT2D eigenvalue weighted by Gasteiger charge is 2.13. The highest BCUT2D eigenvalue weighted by Crippen LogP contribution is 2.37. The minimum atomic E-state index is 0.679. The third kappa shape index (κ3) is 3.65. The van der Waals surface area contributed by atoms with Crippen LogP contribution >= 0.6 is 11.6 Å². The third-order valence-electron chi connectivity index (χ3n) is 5.92. The van der Waals surface area contributed by atoms with Crippen molar-refractivity contribution in [2.45, 2.75) is 0 Å². The lowest BCUT2D eigenvalue weighted by Gasteiger charge is -2.25. The van der Waals surface area contributed by atoms with Gasteiger partial charge < -0.3 is 9.32 Å². The number of rotatable bonds is 4. The Hall–Kier alpha value is -4.01. The molecule has 0 saturated carbocycles. The van der Waals surface area contributed by atoms with Gasteiger partial charge in [-0.15, -0.1) is 0 Å². The summed E-state index contributed by atoms with van der Waals surface area (Å²) in [5.41, 5.74) is 7.35. The number of nitrogens with zero attached hydrogens (tertiary/aromatic N) is 1. The number of para-hydroxylation sites is 2. The van der Waals surface area contributed by atoms with E-state index in [1.165, 1.54) is 0 Å². The summed E-state index contributed by atoms with van der Waals surface area (Å²) < 4.78 is 5.98. The molecule has 0 radical (unpaired) electrons. The van der Waals surface area contributed by atoms with Crippen LogP contribution in [0, 0.1) is 0 Å². The van der Waals surface area contributed by atoms with Crippen LogP contribution in [-0.2, 0) is 0 Å². The molecule has 158 valence electrons. The Morgan fingerprint density at radius 3 is 1.76 bits per heavy atom. The lowest BCUT2D eigenvalue weighted by atomic mass is 10.0. The van der Waals surface area contributed by atoms with E-state index in [0.29, 0.717) is 5.02 Å². The molecule has 6 aromatic rings. The van der Waals surface area contributed by atoms with Gasteiger partial charge in [0.1, 0.15) is 11.2 Å². The maximum absolute atomic E-state index is 6.14. The van der Waals surface area contributed by atoms with Crippen LogP contribution in [0.15, 0.2) is 126 Å². The molecule has 1 heterocycles. The van der Waals surface area contributed by atoms with Crippen molar-refractivity contribution in [1.82, 2.24) is 0 Å². The van der Waals surface area contributed by atoms with Gasteiger partial charge in [-0.25, -0.2) is 0 Å². The van der Waals surface area contributed by atoms with Crippen LogP contribution in [0.1, 0.15) is 0 Å². The summed E-state index contributed by atoms with van der Waals surface area (Å²) in [6.07, 6.45) is 0. The highest BCUT2D eigenvalue weighted by atomic mass is 35.5. The molecule has 6 rings (SSSR count). The molecule has 3 heteroatoms. The van der Waals surface area contributed by atoms with E-state index in [1.54, 1.807) is 0 Å². The zero-order chi connectivity index (χ0) is 22.2. The smallest absolute Gasteiger partial charge is 0.136 e. The monoisotopic (exact) mass is 445 g/mol. The van der Waals surface area contributed by atoms with Crippen molar-refractivity contribution >= 4 is 50.6 Å². The largest absolute Gasteiger partial charge is 0.456 e. The summed E-state index contributed by atoms with van der Waals surface area (Å²) >= 11 is 6.14. The average molecular weight is 446 g/mol.